The predicted octanol–water partition coefficient (Wildman–Crippen LogP) is 0.834. The number of carboxylic acid groups (broad SMARTS) is 1. The van der Waals surface area contributed by atoms with Crippen molar-refractivity contribution in [3.05, 3.63) is 0 Å². The first-order valence-electron chi connectivity index (χ1n) is 4.09. The van der Waals surface area contributed by atoms with E-state index in [0.29, 0.717) is 5.92 Å². The zero-order valence-corrected chi connectivity index (χ0v) is 6.79. The highest BCUT2D eigenvalue weighted by atomic mass is 16.4. The molecule has 3 N–H and O–H groups in total. The van der Waals surface area contributed by atoms with Gasteiger partial charge in [0, 0.05) is 6.04 Å². The van der Waals surface area contributed by atoms with Crippen molar-refractivity contribution in [1.82, 2.24) is 0 Å². The van der Waals surface area contributed by atoms with Gasteiger partial charge in [-0.05, 0) is 25.2 Å². The minimum absolute atomic E-state index is 0.122. The van der Waals surface area contributed by atoms with Crippen LogP contribution < -0.4 is 5.73 Å². The van der Waals surface area contributed by atoms with Crippen LogP contribution in [0.5, 0.6) is 0 Å². The largest absolute Gasteiger partial charge is 0.481 e. The topological polar surface area (TPSA) is 63.3 Å². The highest BCUT2D eigenvalue weighted by molar-refractivity contribution is 5.71. The molecule has 3 nitrogen and oxygen atoms in total. The third-order valence-corrected chi connectivity index (χ3v) is 2.48. The van der Waals surface area contributed by atoms with Crippen molar-refractivity contribution in [1.29, 1.82) is 0 Å². The fourth-order valence-electron chi connectivity index (χ4n) is 1.69. The fourth-order valence-corrected chi connectivity index (χ4v) is 1.69. The maximum atomic E-state index is 10.6. The monoisotopic (exact) mass is 157 g/mol. The van der Waals surface area contributed by atoms with Gasteiger partial charge >= 0.3 is 5.97 Å². The van der Waals surface area contributed by atoms with Crippen LogP contribution in [0.3, 0.4) is 0 Å². The third-order valence-electron chi connectivity index (χ3n) is 2.48. The summed E-state index contributed by atoms with van der Waals surface area (Å²) in [7, 11) is 0. The summed E-state index contributed by atoms with van der Waals surface area (Å²) in [5.41, 5.74) is 5.66. The Morgan fingerprint density at radius 2 is 2.18 bits per heavy atom. The van der Waals surface area contributed by atoms with Crippen molar-refractivity contribution >= 4 is 5.97 Å². The molecule has 0 bridgehead atoms. The van der Waals surface area contributed by atoms with Crippen LogP contribution in [0.2, 0.25) is 0 Å². The predicted molar refractivity (Wildman–Crippen MR) is 42.1 cm³/mol. The maximum absolute atomic E-state index is 10.6. The molecule has 1 aliphatic rings. The zero-order chi connectivity index (χ0) is 8.43. The molecule has 1 rings (SSSR count). The Hall–Kier alpha value is -0.570. The second-order valence-corrected chi connectivity index (χ2v) is 3.53. The van der Waals surface area contributed by atoms with Gasteiger partial charge in [0.05, 0.1) is 5.92 Å². The molecular weight excluding hydrogens is 142 g/mol. The van der Waals surface area contributed by atoms with Gasteiger partial charge in [-0.25, -0.2) is 0 Å². The van der Waals surface area contributed by atoms with E-state index in [2.05, 4.69) is 6.92 Å². The van der Waals surface area contributed by atoms with Crippen LogP contribution in [0.4, 0.5) is 0 Å². The van der Waals surface area contributed by atoms with Crippen molar-refractivity contribution in [3.8, 4) is 0 Å². The Morgan fingerprint density at radius 3 is 2.64 bits per heavy atom. The van der Waals surface area contributed by atoms with Crippen LogP contribution in [0.25, 0.3) is 0 Å². The molecular formula is C8H15NO2. The number of aliphatic carboxylic acids is 1. The first kappa shape index (κ1) is 8.53. The van der Waals surface area contributed by atoms with Crippen LogP contribution in [-0.4, -0.2) is 17.1 Å². The molecule has 0 aromatic heterocycles. The summed E-state index contributed by atoms with van der Waals surface area (Å²) in [4.78, 5) is 10.6. The SMILES string of the molecule is CC1CC[C@@H](N)[C@@H](C(=O)O)C1. The first-order chi connectivity index (χ1) is 5.11. The van der Waals surface area contributed by atoms with Gasteiger partial charge in [0.25, 0.3) is 0 Å². The highest BCUT2D eigenvalue weighted by Gasteiger charge is 2.30. The van der Waals surface area contributed by atoms with Crippen LogP contribution in [-0.2, 0) is 4.79 Å². The van der Waals surface area contributed by atoms with E-state index in [0.717, 1.165) is 19.3 Å². The first-order valence-corrected chi connectivity index (χ1v) is 4.09. The van der Waals surface area contributed by atoms with Gasteiger partial charge in [-0.3, -0.25) is 4.79 Å². The summed E-state index contributed by atoms with van der Waals surface area (Å²) in [5.74, 6) is -0.515. The fraction of sp³-hybridized carbons (Fsp3) is 0.875. The van der Waals surface area contributed by atoms with Gasteiger partial charge < -0.3 is 10.8 Å². The van der Waals surface area contributed by atoms with Crippen LogP contribution in [0.15, 0.2) is 0 Å². The second-order valence-electron chi connectivity index (χ2n) is 3.53. The molecule has 0 amide bonds. The lowest BCUT2D eigenvalue weighted by molar-refractivity contribution is -0.143. The Morgan fingerprint density at radius 1 is 1.55 bits per heavy atom. The summed E-state index contributed by atoms with van der Waals surface area (Å²) in [6.07, 6.45) is 2.68. The smallest absolute Gasteiger partial charge is 0.308 e. The van der Waals surface area contributed by atoms with E-state index in [1.807, 2.05) is 0 Å². The van der Waals surface area contributed by atoms with E-state index in [4.69, 9.17) is 10.8 Å². The molecule has 0 aromatic rings. The van der Waals surface area contributed by atoms with Gasteiger partial charge in [0.2, 0.25) is 0 Å². The van der Waals surface area contributed by atoms with Gasteiger partial charge in [-0.15, -0.1) is 0 Å². The standard InChI is InChI=1S/C8H15NO2/c1-5-2-3-7(9)6(4-5)8(10)11/h5-7H,2-4,9H2,1H3,(H,10,11)/t5?,6-,7+/m0/s1. The molecule has 1 unspecified atom stereocenters. The zero-order valence-electron chi connectivity index (χ0n) is 6.79. The quantitative estimate of drug-likeness (QED) is 0.592. The van der Waals surface area contributed by atoms with Crippen molar-refractivity contribution in [2.45, 2.75) is 32.2 Å². The molecule has 0 aliphatic heterocycles. The Bertz CT molecular complexity index is 158. The summed E-state index contributed by atoms with van der Waals surface area (Å²) < 4.78 is 0. The highest BCUT2D eigenvalue weighted by Crippen LogP contribution is 2.27. The molecule has 0 heterocycles. The lowest BCUT2D eigenvalue weighted by atomic mass is 9.79. The Labute approximate surface area is 66.6 Å². The molecule has 1 aliphatic carbocycles. The average molecular weight is 157 g/mol. The number of carbonyl (C=O) groups is 1. The number of rotatable bonds is 1. The number of nitrogens with two attached hydrogens (primary N) is 1. The average Bonchev–Trinajstić information content (AvgIpc) is 1.94. The number of carboxylic acids is 1. The van der Waals surface area contributed by atoms with Crippen LogP contribution in [0, 0.1) is 11.8 Å². The Kier molecular flexibility index (Phi) is 2.49. The van der Waals surface area contributed by atoms with Gasteiger partial charge in [-0.1, -0.05) is 6.92 Å². The van der Waals surface area contributed by atoms with Crippen molar-refractivity contribution in [2.24, 2.45) is 17.6 Å². The van der Waals surface area contributed by atoms with E-state index in [1.165, 1.54) is 0 Å². The lowest BCUT2D eigenvalue weighted by Gasteiger charge is -2.29. The third kappa shape index (κ3) is 1.93. The minimum Gasteiger partial charge on any atom is -0.481 e. The summed E-state index contributed by atoms with van der Waals surface area (Å²) >= 11 is 0. The minimum atomic E-state index is -0.732. The number of hydrogen-bond donors (Lipinski definition) is 2. The van der Waals surface area contributed by atoms with Gasteiger partial charge in [-0.2, -0.15) is 0 Å². The molecule has 0 spiro atoms. The normalized spacial score (nSPS) is 38.5. The summed E-state index contributed by atoms with van der Waals surface area (Å²) in [5, 5.41) is 8.75. The molecule has 0 aromatic carbocycles. The molecule has 0 radical (unpaired) electrons. The van der Waals surface area contributed by atoms with Crippen molar-refractivity contribution in [3.63, 3.8) is 0 Å². The Balaban J connectivity index is 2.54. The van der Waals surface area contributed by atoms with Crippen LogP contribution in [0.1, 0.15) is 26.2 Å². The van der Waals surface area contributed by atoms with Gasteiger partial charge in [0.15, 0.2) is 0 Å². The van der Waals surface area contributed by atoms with E-state index >= 15 is 0 Å². The lowest BCUT2D eigenvalue weighted by Crippen LogP contribution is -2.40. The van der Waals surface area contributed by atoms with Crippen LogP contribution >= 0.6 is 0 Å². The molecule has 0 saturated heterocycles. The molecule has 11 heavy (non-hydrogen) atoms. The van der Waals surface area contributed by atoms with E-state index in [-0.39, 0.29) is 12.0 Å². The molecule has 64 valence electrons. The molecule has 1 fully saturated rings. The molecule has 3 heteroatoms. The van der Waals surface area contributed by atoms with Crippen molar-refractivity contribution in [2.75, 3.05) is 0 Å². The van der Waals surface area contributed by atoms with Crippen molar-refractivity contribution < 1.29 is 9.90 Å². The van der Waals surface area contributed by atoms with E-state index < -0.39 is 5.97 Å². The molecule has 1 saturated carbocycles. The second kappa shape index (κ2) is 3.22. The van der Waals surface area contributed by atoms with E-state index in [1.54, 1.807) is 0 Å². The molecule has 3 atom stereocenters. The van der Waals surface area contributed by atoms with E-state index in [9.17, 15) is 4.79 Å². The maximum Gasteiger partial charge on any atom is 0.308 e. The summed E-state index contributed by atoms with van der Waals surface area (Å²) in [6, 6.07) is -0.122. The van der Waals surface area contributed by atoms with Gasteiger partial charge in [0.1, 0.15) is 0 Å². The number of hydrogen-bond acceptors (Lipinski definition) is 2. The summed E-state index contributed by atoms with van der Waals surface area (Å²) in [6.45, 7) is 2.09.